The first-order chi connectivity index (χ1) is 4.38. The monoisotopic (exact) mass is 147 g/mol. The van der Waals surface area contributed by atoms with Crippen LogP contribution in [0.15, 0.2) is 5.18 Å². The second kappa shape index (κ2) is 4.32. The van der Waals surface area contributed by atoms with Crippen molar-refractivity contribution in [3.05, 3.63) is 4.91 Å². The molecule has 5 heteroatoms. The first kappa shape index (κ1) is 9.48. The van der Waals surface area contributed by atoms with E-state index in [1.807, 2.05) is 0 Å². The van der Waals surface area contributed by atoms with Gasteiger partial charge in [-0.1, -0.05) is 5.18 Å². The summed E-state index contributed by atoms with van der Waals surface area (Å²) in [7, 11) is 0. The van der Waals surface area contributed by atoms with Gasteiger partial charge in [0.15, 0.2) is 0 Å². The maximum Gasteiger partial charge on any atom is 0.146 e. The van der Waals surface area contributed by atoms with Crippen molar-refractivity contribution in [2.75, 3.05) is 13.3 Å². The average Bonchev–Trinajstić information content (AvgIpc) is 2.33. The Balaban J connectivity index is 0.000000810. The van der Waals surface area contributed by atoms with Crippen LogP contribution in [0.1, 0.15) is 12.8 Å². The third kappa shape index (κ3) is 1.73. The van der Waals surface area contributed by atoms with Crippen molar-refractivity contribution in [1.82, 2.24) is 11.1 Å². The van der Waals surface area contributed by atoms with Crippen molar-refractivity contribution < 1.29 is 5.11 Å². The van der Waals surface area contributed by atoms with Gasteiger partial charge < -0.3 is 11.3 Å². The molecule has 1 saturated heterocycles. The van der Waals surface area contributed by atoms with Gasteiger partial charge in [-0.25, -0.2) is 0 Å². The van der Waals surface area contributed by atoms with E-state index >= 15 is 0 Å². The molecule has 0 saturated carbocycles. The second-order valence-corrected chi connectivity index (χ2v) is 2.18. The van der Waals surface area contributed by atoms with Crippen molar-refractivity contribution in [3.8, 4) is 0 Å². The van der Waals surface area contributed by atoms with Gasteiger partial charge in [0.1, 0.15) is 6.17 Å². The molecule has 1 rings (SSSR count). The number of likely N-dealkylation sites (tertiary alicyclic amines) is 1. The van der Waals surface area contributed by atoms with Gasteiger partial charge in [0.05, 0.1) is 6.73 Å². The molecule has 1 atom stereocenters. The summed E-state index contributed by atoms with van der Waals surface area (Å²) >= 11 is 0. The minimum atomic E-state index is -0.269. The molecule has 1 aliphatic rings. The molecule has 1 heterocycles. The molecule has 1 aliphatic heterocycles. The zero-order chi connectivity index (χ0) is 6.69. The van der Waals surface area contributed by atoms with Crippen LogP contribution in [0, 0.1) is 4.91 Å². The molecule has 0 bridgehead atoms. The Kier molecular flexibility index (Phi) is 4.10. The number of rotatable bonds is 2. The largest absolute Gasteiger partial charge is 0.381 e. The number of nitrogens with zero attached hydrogens (tertiary/aromatic N) is 2. The lowest BCUT2D eigenvalue weighted by Crippen LogP contribution is -2.28. The fraction of sp³-hybridized carbons (Fsp3) is 1.00. The summed E-state index contributed by atoms with van der Waals surface area (Å²) in [6.45, 7) is 0.753. The molecule has 0 aromatic heterocycles. The lowest BCUT2D eigenvalue weighted by molar-refractivity contribution is 0.0988. The summed E-state index contributed by atoms with van der Waals surface area (Å²) in [5, 5.41) is 11.5. The van der Waals surface area contributed by atoms with E-state index in [2.05, 4.69) is 5.18 Å². The van der Waals surface area contributed by atoms with E-state index in [-0.39, 0.29) is 19.0 Å². The summed E-state index contributed by atoms with van der Waals surface area (Å²) in [6.07, 6.45) is 1.50. The number of hydrogen-bond donors (Lipinski definition) is 2. The molecule has 1 unspecified atom stereocenters. The van der Waals surface area contributed by atoms with Crippen LogP contribution < -0.4 is 6.15 Å². The van der Waals surface area contributed by atoms with Crippen LogP contribution in [0.4, 0.5) is 0 Å². The summed E-state index contributed by atoms with van der Waals surface area (Å²) in [4.78, 5) is 11.6. The molecule has 0 aromatic carbocycles. The van der Waals surface area contributed by atoms with Gasteiger partial charge in [-0.15, -0.1) is 4.91 Å². The molecule has 1 fully saturated rings. The van der Waals surface area contributed by atoms with Crippen molar-refractivity contribution in [2.45, 2.75) is 19.0 Å². The standard InChI is InChI=1S/C5H10N2O2.H3N/c8-4-7-3-1-2-5(7)6-9;/h5,8H,1-4H2;1H3. The maximum atomic E-state index is 9.97. The Morgan fingerprint density at radius 2 is 2.40 bits per heavy atom. The average molecular weight is 147 g/mol. The lowest BCUT2D eigenvalue weighted by Gasteiger charge is -2.13. The number of aliphatic hydroxyl groups excluding tert-OH is 1. The third-order valence-electron chi connectivity index (χ3n) is 1.63. The van der Waals surface area contributed by atoms with Crippen LogP contribution in [-0.4, -0.2) is 29.4 Å². The highest BCUT2D eigenvalue weighted by atomic mass is 16.3. The fourth-order valence-electron chi connectivity index (χ4n) is 1.09. The molecular formula is C5H13N3O2. The molecule has 10 heavy (non-hydrogen) atoms. The molecule has 0 aliphatic carbocycles. The summed E-state index contributed by atoms with van der Waals surface area (Å²) in [5.74, 6) is 0. The van der Waals surface area contributed by atoms with Crippen molar-refractivity contribution >= 4 is 0 Å². The van der Waals surface area contributed by atoms with Crippen LogP contribution >= 0.6 is 0 Å². The molecule has 0 radical (unpaired) electrons. The molecule has 60 valence electrons. The smallest absolute Gasteiger partial charge is 0.146 e. The molecular weight excluding hydrogens is 134 g/mol. The van der Waals surface area contributed by atoms with Crippen LogP contribution in [0.5, 0.6) is 0 Å². The van der Waals surface area contributed by atoms with Gasteiger partial charge in [0.2, 0.25) is 0 Å². The second-order valence-electron chi connectivity index (χ2n) is 2.18. The first-order valence-corrected chi connectivity index (χ1v) is 3.06. The minimum Gasteiger partial charge on any atom is -0.381 e. The molecule has 0 spiro atoms. The highest BCUT2D eigenvalue weighted by molar-refractivity contribution is 4.73. The van der Waals surface area contributed by atoms with E-state index in [0.29, 0.717) is 0 Å². The predicted octanol–water partition coefficient (Wildman–Crippen LogP) is 0.286. The zero-order valence-corrected chi connectivity index (χ0v) is 5.86. The molecule has 0 amide bonds. The van der Waals surface area contributed by atoms with Gasteiger partial charge in [-0.2, -0.15) is 0 Å². The fourth-order valence-corrected chi connectivity index (χ4v) is 1.09. The Labute approximate surface area is 59.6 Å². The highest BCUT2D eigenvalue weighted by Crippen LogP contribution is 2.15. The quantitative estimate of drug-likeness (QED) is 0.549. The summed E-state index contributed by atoms with van der Waals surface area (Å²) in [6, 6.07) is 0. The number of hydrogen-bond acceptors (Lipinski definition) is 5. The Morgan fingerprint density at radius 1 is 1.70 bits per heavy atom. The topological polar surface area (TPSA) is 87.9 Å². The van der Waals surface area contributed by atoms with E-state index in [1.165, 1.54) is 0 Å². The van der Waals surface area contributed by atoms with Crippen LogP contribution in [0.25, 0.3) is 0 Å². The lowest BCUT2D eigenvalue weighted by atomic mass is 10.3. The highest BCUT2D eigenvalue weighted by Gasteiger charge is 2.23. The van der Waals surface area contributed by atoms with Crippen LogP contribution in [0.3, 0.4) is 0 Å². The van der Waals surface area contributed by atoms with Gasteiger partial charge in [0.25, 0.3) is 0 Å². The van der Waals surface area contributed by atoms with Gasteiger partial charge in [0, 0.05) is 6.54 Å². The maximum absolute atomic E-state index is 9.97. The number of aliphatic hydroxyl groups is 1. The normalized spacial score (nSPS) is 25.9. The summed E-state index contributed by atoms with van der Waals surface area (Å²) < 4.78 is 0. The first-order valence-electron chi connectivity index (χ1n) is 3.06. The van der Waals surface area contributed by atoms with E-state index in [9.17, 15) is 4.91 Å². The van der Waals surface area contributed by atoms with E-state index in [0.717, 1.165) is 19.4 Å². The van der Waals surface area contributed by atoms with Crippen molar-refractivity contribution in [1.29, 1.82) is 0 Å². The van der Waals surface area contributed by atoms with E-state index in [4.69, 9.17) is 5.11 Å². The van der Waals surface area contributed by atoms with Crippen molar-refractivity contribution in [3.63, 3.8) is 0 Å². The van der Waals surface area contributed by atoms with Gasteiger partial charge in [-0.05, 0) is 12.8 Å². The van der Waals surface area contributed by atoms with E-state index in [1.54, 1.807) is 4.90 Å². The van der Waals surface area contributed by atoms with Crippen LogP contribution in [0.2, 0.25) is 0 Å². The Morgan fingerprint density at radius 3 is 2.80 bits per heavy atom. The van der Waals surface area contributed by atoms with Crippen molar-refractivity contribution in [2.24, 2.45) is 5.18 Å². The molecule has 5 nitrogen and oxygen atoms in total. The zero-order valence-electron chi connectivity index (χ0n) is 5.86. The molecule has 4 N–H and O–H groups in total. The minimum absolute atomic E-state index is 0. The Hall–Kier alpha value is -0.520. The number of nitroso groups, excluding NO2 is 1. The van der Waals surface area contributed by atoms with Gasteiger partial charge in [-0.3, -0.25) is 4.90 Å². The predicted molar refractivity (Wildman–Crippen MR) is 37.6 cm³/mol. The van der Waals surface area contributed by atoms with Gasteiger partial charge >= 0.3 is 0 Å². The SMILES string of the molecule is N.O=NC1CCCN1CO. The third-order valence-corrected chi connectivity index (χ3v) is 1.63. The van der Waals surface area contributed by atoms with E-state index < -0.39 is 0 Å². The summed E-state index contributed by atoms with van der Waals surface area (Å²) in [5.41, 5.74) is 0. The Bertz CT molecular complexity index is 109. The van der Waals surface area contributed by atoms with Crippen LogP contribution in [-0.2, 0) is 0 Å². The molecule has 0 aromatic rings.